The standard InChI is InChI=1S/C13H11BrClN3O2/c1-20-13(19)11-5-4-10(16)12(18-11)17-7-2-3-8(14)9(15)6-7/h2-6H,16H2,1H3,(H,17,18). The van der Waals surface area contributed by atoms with Crippen molar-refractivity contribution in [2.24, 2.45) is 0 Å². The van der Waals surface area contributed by atoms with Crippen LogP contribution in [0.1, 0.15) is 10.5 Å². The van der Waals surface area contributed by atoms with Crippen LogP contribution in [0, 0.1) is 0 Å². The Morgan fingerprint density at radius 2 is 2.15 bits per heavy atom. The summed E-state index contributed by atoms with van der Waals surface area (Å²) < 4.78 is 5.40. The molecule has 0 atom stereocenters. The van der Waals surface area contributed by atoms with Gasteiger partial charge >= 0.3 is 5.97 Å². The summed E-state index contributed by atoms with van der Waals surface area (Å²) in [5.74, 6) is -0.159. The van der Waals surface area contributed by atoms with Crippen LogP contribution < -0.4 is 11.1 Å². The van der Waals surface area contributed by atoms with Crippen LogP contribution in [0.25, 0.3) is 0 Å². The van der Waals surface area contributed by atoms with E-state index in [1.54, 1.807) is 18.2 Å². The number of halogens is 2. The number of nitrogen functional groups attached to an aromatic ring is 1. The summed E-state index contributed by atoms with van der Waals surface area (Å²) in [4.78, 5) is 15.6. The van der Waals surface area contributed by atoms with Gasteiger partial charge < -0.3 is 15.8 Å². The first-order valence-electron chi connectivity index (χ1n) is 5.58. The van der Waals surface area contributed by atoms with Gasteiger partial charge in [-0.2, -0.15) is 0 Å². The van der Waals surface area contributed by atoms with Gasteiger partial charge in [0.05, 0.1) is 17.8 Å². The molecule has 2 aromatic rings. The van der Waals surface area contributed by atoms with E-state index in [1.807, 2.05) is 6.07 Å². The number of rotatable bonds is 3. The summed E-state index contributed by atoms with van der Waals surface area (Å²) in [7, 11) is 1.29. The number of nitrogens with zero attached hydrogens (tertiary/aromatic N) is 1. The second kappa shape index (κ2) is 6.11. The zero-order valence-electron chi connectivity index (χ0n) is 10.5. The summed E-state index contributed by atoms with van der Waals surface area (Å²) in [5, 5.41) is 3.56. The number of hydrogen-bond acceptors (Lipinski definition) is 5. The van der Waals surface area contributed by atoms with Crippen LogP contribution in [0.5, 0.6) is 0 Å². The Kier molecular flexibility index (Phi) is 4.46. The molecular weight excluding hydrogens is 346 g/mol. The van der Waals surface area contributed by atoms with E-state index in [2.05, 4.69) is 31.0 Å². The molecule has 0 amide bonds. The third kappa shape index (κ3) is 3.20. The van der Waals surface area contributed by atoms with Crippen molar-refractivity contribution in [3.8, 4) is 0 Å². The molecule has 0 aliphatic heterocycles. The summed E-state index contributed by atoms with van der Waals surface area (Å²) in [6.07, 6.45) is 0. The Morgan fingerprint density at radius 1 is 1.40 bits per heavy atom. The molecule has 7 heteroatoms. The Labute approximate surface area is 129 Å². The van der Waals surface area contributed by atoms with Crippen LogP contribution in [0.2, 0.25) is 5.02 Å². The highest BCUT2D eigenvalue weighted by atomic mass is 79.9. The fraction of sp³-hybridized carbons (Fsp3) is 0.0769. The largest absolute Gasteiger partial charge is 0.464 e. The smallest absolute Gasteiger partial charge is 0.356 e. The maximum Gasteiger partial charge on any atom is 0.356 e. The van der Waals surface area contributed by atoms with Crippen molar-refractivity contribution in [3.05, 3.63) is 45.5 Å². The Hall–Kier alpha value is -1.79. The van der Waals surface area contributed by atoms with Gasteiger partial charge in [0.2, 0.25) is 0 Å². The maximum atomic E-state index is 11.4. The van der Waals surface area contributed by atoms with Crippen LogP contribution in [-0.4, -0.2) is 18.1 Å². The molecule has 104 valence electrons. The molecule has 3 N–H and O–H groups in total. The third-order valence-electron chi connectivity index (χ3n) is 2.50. The number of nitrogens with one attached hydrogen (secondary N) is 1. The lowest BCUT2D eigenvalue weighted by Crippen LogP contribution is -2.07. The highest BCUT2D eigenvalue weighted by Crippen LogP contribution is 2.28. The van der Waals surface area contributed by atoms with E-state index in [0.717, 1.165) is 4.47 Å². The first kappa shape index (κ1) is 14.6. The van der Waals surface area contributed by atoms with Gasteiger partial charge in [-0.15, -0.1) is 0 Å². The summed E-state index contributed by atoms with van der Waals surface area (Å²) in [5.41, 5.74) is 7.12. The molecule has 0 spiro atoms. The van der Waals surface area contributed by atoms with E-state index >= 15 is 0 Å². The molecule has 0 aliphatic carbocycles. The van der Waals surface area contributed by atoms with Crippen molar-refractivity contribution in [2.45, 2.75) is 0 Å². The van der Waals surface area contributed by atoms with Crippen LogP contribution in [0.3, 0.4) is 0 Å². The molecule has 0 saturated carbocycles. The molecular formula is C13H11BrClN3O2. The molecule has 2 rings (SSSR count). The van der Waals surface area contributed by atoms with Crippen molar-refractivity contribution in [1.82, 2.24) is 4.98 Å². The Bertz CT molecular complexity index is 664. The molecule has 1 aromatic carbocycles. The number of carbonyl (C=O) groups is 1. The van der Waals surface area contributed by atoms with Crippen LogP contribution in [0.15, 0.2) is 34.8 Å². The average Bonchev–Trinajstić information content (AvgIpc) is 2.44. The van der Waals surface area contributed by atoms with E-state index in [-0.39, 0.29) is 5.69 Å². The van der Waals surface area contributed by atoms with Gasteiger partial charge in [0, 0.05) is 10.2 Å². The number of benzene rings is 1. The molecule has 0 saturated heterocycles. The molecule has 0 bridgehead atoms. The van der Waals surface area contributed by atoms with E-state index in [4.69, 9.17) is 17.3 Å². The lowest BCUT2D eigenvalue weighted by Gasteiger charge is -2.10. The molecule has 5 nitrogen and oxygen atoms in total. The topological polar surface area (TPSA) is 77.2 Å². The molecule has 1 aromatic heterocycles. The Balaban J connectivity index is 2.32. The Morgan fingerprint density at radius 3 is 2.80 bits per heavy atom. The highest BCUT2D eigenvalue weighted by Gasteiger charge is 2.11. The summed E-state index contributed by atoms with van der Waals surface area (Å²) >= 11 is 9.32. The second-order valence-electron chi connectivity index (χ2n) is 3.88. The summed E-state index contributed by atoms with van der Waals surface area (Å²) in [6, 6.07) is 8.41. The molecule has 0 unspecified atom stereocenters. The van der Waals surface area contributed by atoms with Gasteiger partial charge in [-0.25, -0.2) is 9.78 Å². The number of pyridine rings is 1. The number of ether oxygens (including phenoxy) is 1. The SMILES string of the molecule is COC(=O)c1ccc(N)c(Nc2ccc(Br)c(Cl)c2)n1. The lowest BCUT2D eigenvalue weighted by atomic mass is 10.3. The molecule has 0 aliphatic rings. The highest BCUT2D eigenvalue weighted by molar-refractivity contribution is 9.10. The predicted molar refractivity (Wildman–Crippen MR) is 82.4 cm³/mol. The number of methoxy groups -OCH3 is 1. The number of hydrogen-bond donors (Lipinski definition) is 2. The van der Waals surface area contributed by atoms with Gasteiger partial charge in [-0.3, -0.25) is 0 Å². The summed E-state index contributed by atoms with van der Waals surface area (Å²) in [6.45, 7) is 0. The molecule has 0 radical (unpaired) electrons. The van der Waals surface area contributed by atoms with Crippen molar-refractivity contribution in [1.29, 1.82) is 0 Å². The minimum Gasteiger partial charge on any atom is -0.464 e. The third-order valence-corrected chi connectivity index (χ3v) is 3.74. The minimum atomic E-state index is -0.526. The van der Waals surface area contributed by atoms with Crippen molar-refractivity contribution in [3.63, 3.8) is 0 Å². The molecule has 1 heterocycles. The van der Waals surface area contributed by atoms with Crippen LogP contribution in [0.4, 0.5) is 17.2 Å². The average molecular weight is 357 g/mol. The zero-order valence-corrected chi connectivity index (χ0v) is 12.8. The van der Waals surface area contributed by atoms with Crippen molar-refractivity contribution in [2.75, 3.05) is 18.2 Å². The van der Waals surface area contributed by atoms with E-state index in [1.165, 1.54) is 13.2 Å². The number of esters is 1. The first-order chi connectivity index (χ1) is 9.51. The lowest BCUT2D eigenvalue weighted by molar-refractivity contribution is 0.0594. The first-order valence-corrected chi connectivity index (χ1v) is 6.75. The minimum absolute atomic E-state index is 0.174. The number of aromatic nitrogens is 1. The van der Waals surface area contributed by atoms with Crippen LogP contribution >= 0.6 is 27.5 Å². The van der Waals surface area contributed by atoms with Gasteiger partial charge in [0.25, 0.3) is 0 Å². The zero-order chi connectivity index (χ0) is 14.7. The normalized spacial score (nSPS) is 10.2. The molecule has 0 fully saturated rings. The quantitative estimate of drug-likeness (QED) is 0.822. The fourth-order valence-electron chi connectivity index (χ4n) is 1.50. The van der Waals surface area contributed by atoms with E-state index in [9.17, 15) is 4.79 Å². The second-order valence-corrected chi connectivity index (χ2v) is 5.14. The molecule has 20 heavy (non-hydrogen) atoms. The van der Waals surface area contributed by atoms with Crippen molar-refractivity contribution >= 4 is 50.7 Å². The van der Waals surface area contributed by atoms with Gasteiger partial charge in [0.15, 0.2) is 11.5 Å². The number of carbonyl (C=O) groups excluding carboxylic acids is 1. The van der Waals surface area contributed by atoms with Gasteiger partial charge in [0.1, 0.15) is 0 Å². The van der Waals surface area contributed by atoms with Crippen LogP contribution in [-0.2, 0) is 4.74 Å². The van der Waals surface area contributed by atoms with Gasteiger partial charge in [-0.05, 0) is 46.3 Å². The number of anilines is 3. The fourth-order valence-corrected chi connectivity index (χ4v) is 1.93. The van der Waals surface area contributed by atoms with E-state index in [0.29, 0.717) is 22.2 Å². The van der Waals surface area contributed by atoms with Crippen molar-refractivity contribution < 1.29 is 9.53 Å². The van der Waals surface area contributed by atoms with Gasteiger partial charge in [-0.1, -0.05) is 11.6 Å². The predicted octanol–water partition coefficient (Wildman–Crippen LogP) is 3.61. The van der Waals surface area contributed by atoms with E-state index < -0.39 is 5.97 Å². The number of nitrogens with two attached hydrogens (primary N) is 1. The maximum absolute atomic E-state index is 11.4. The monoisotopic (exact) mass is 355 g/mol.